The average molecular weight is 452 g/mol. The highest BCUT2D eigenvalue weighted by molar-refractivity contribution is 6.04. The van der Waals surface area contributed by atoms with Gasteiger partial charge >= 0.3 is 6.18 Å². The Labute approximate surface area is 183 Å². The van der Waals surface area contributed by atoms with E-state index in [0.717, 1.165) is 45.1 Å². The molecule has 0 atom stereocenters. The summed E-state index contributed by atoms with van der Waals surface area (Å²) >= 11 is 0. The molecule has 0 unspecified atom stereocenters. The van der Waals surface area contributed by atoms with Crippen LogP contribution in [0, 0.1) is 0 Å². The van der Waals surface area contributed by atoms with Crippen molar-refractivity contribution < 1.29 is 22.8 Å². The van der Waals surface area contributed by atoms with Gasteiger partial charge in [-0.1, -0.05) is 0 Å². The van der Waals surface area contributed by atoms with Crippen molar-refractivity contribution in [3.8, 4) is 0 Å². The number of alkyl halides is 3. The van der Waals surface area contributed by atoms with Crippen LogP contribution in [0.5, 0.6) is 0 Å². The van der Waals surface area contributed by atoms with Crippen molar-refractivity contribution in [2.45, 2.75) is 37.9 Å². The van der Waals surface area contributed by atoms with Crippen molar-refractivity contribution in [2.75, 3.05) is 39.3 Å². The van der Waals surface area contributed by atoms with E-state index in [2.05, 4.69) is 20.4 Å². The number of amides is 2. The van der Waals surface area contributed by atoms with E-state index in [1.54, 1.807) is 4.90 Å². The number of primary amides is 1. The lowest BCUT2D eigenvalue weighted by atomic mass is 9.99. The van der Waals surface area contributed by atoms with Crippen molar-refractivity contribution in [3.05, 3.63) is 29.0 Å². The molecule has 4 rings (SSSR count). The Morgan fingerprint density at radius 1 is 1.12 bits per heavy atom. The third-order valence-electron chi connectivity index (χ3n) is 6.38. The summed E-state index contributed by atoms with van der Waals surface area (Å²) in [7, 11) is 0. The predicted molar refractivity (Wildman–Crippen MR) is 112 cm³/mol. The van der Waals surface area contributed by atoms with Gasteiger partial charge in [-0.25, -0.2) is 0 Å². The zero-order valence-corrected chi connectivity index (χ0v) is 17.7. The number of carbonyl (C=O) groups is 2. The number of aryl methyl sites for hydroxylation is 1. The summed E-state index contributed by atoms with van der Waals surface area (Å²) in [6, 6.07) is 2.93. The Balaban J connectivity index is 1.42. The molecule has 2 aliphatic heterocycles. The molecule has 11 heteroatoms. The Bertz CT molecular complexity index is 991. The minimum atomic E-state index is -4.64. The van der Waals surface area contributed by atoms with Crippen molar-refractivity contribution in [2.24, 2.45) is 5.73 Å². The van der Waals surface area contributed by atoms with Crippen LogP contribution < -0.4 is 11.1 Å². The molecule has 1 aromatic carbocycles. The number of likely N-dealkylation sites (tertiary alicyclic amines) is 1. The number of halogens is 3. The minimum Gasteiger partial charge on any atom is -0.364 e. The van der Waals surface area contributed by atoms with E-state index in [4.69, 9.17) is 5.73 Å². The fourth-order valence-electron chi connectivity index (χ4n) is 4.66. The first kappa shape index (κ1) is 22.5. The number of carbonyl (C=O) groups excluding carboxylic acids is 2. The van der Waals surface area contributed by atoms with Gasteiger partial charge in [0.25, 0.3) is 5.91 Å². The number of nitrogens with zero attached hydrogens (tertiary/aromatic N) is 3. The molecule has 0 saturated carbocycles. The zero-order chi connectivity index (χ0) is 22.9. The number of fused-ring (bicyclic) bond motifs is 1. The summed E-state index contributed by atoms with van der Waals surface area (Å²) < 4.78 is 40.6. The molecule has 2 aromatic rings. The van der Waals surface area contributed by atoms with Gasteiger partial charge in [-0.3, -0.25) is 19.6 Å². The lowest BCUT2D eigenvalue weighted by molar-refractivity contribution is -0.136. The van der Waals surface area contributed by atoms with Crippen LogP contribution in [0.15, 0.2) is 12.1 Å². The van der Waals surface area contributed by atoms with E-state index in [0.29, 0.717) is 24.7 Å². The first-order valence-corrected chi connectivity index (χ1v) is 10.8. The molecule has 2 aliphatic rings. The monoisotopic (exact) mass is 452 g/mol. The first-order valence-electron chi connectivity index (χ1n) is 10.8. The number of piperidine rings is 1. The van der Waals surface area contributed by atoms with Crippen molar-refractivity contribution in [1.29, 1.82) is 0 Å². The van der Waals surface area contributed by atoms with Gasteiger partial charge in [0.1, 0.15) is 11.2 Å². The van der Waals surface area contributed by atoms with E-state index in [1.807, 2.05) is 0 Å². The summed E-state index contributed by atoms with van der Waals surface area (Å²) in [6.07, 6.45) is -2.59. The van der Waals surface area contributed by atoms with Crippen LogP contribution in [-0.2, 0) is 17.4 Å². The number of hydrogen-bond acceptors (Lipinski definition) is 5. The molecule has 0 aliphatic carbocycles. The first-order chi connectivity index (χ1) is 15.2. The highest BCUT2D eigenvalue weighted by Gasteiger charge is 2.35. The van der Waals surface area contributed by atoms with Crippen LogP contribution in [0.2, 0.25) is 0 Å². The zero-order valence-electron chi connectivity index (χ0n) is 17.7. The second-order valence-electron chi connectivity index (χ2n) is 8.40. The standard InChI is InChI=1S/C21H27F3N6O2/c22-21(23,24)16-12-13(11-15-18(16)27-28-19(15)20(25)32)1-2-17(31)30-7-3-14(4-8-30)29-9-5-26-6-10-29/h11-12,14,26H,1-10H2,(H2,25,32)(H,27,28). The fourth-order valence-corrected chi connectivity index (χ4v) is 4.66. The van der Waals surface area contributed by atoms with E-state index >= 15 is 0 Å². The third kappa shape index (κ3) is 4.73. The van der Waals surface area contributed by atoms with Crippen molar-refractivity contribution in [1.82, 2.24) is 25.3 Å². The Hall–Kier alpha value is -2.66. The van der Waals surface area contributed by atoms with Gasteiger partial charge in [0.05, 0.1) is 5.56 Å². The highest BCUT2D eigenvalue weighted by atomic mass is 19.4. The van der Waals surface area contributed by atoms with Gasteiger partial charge in [0, 0.05) is 57.1 Å². The molecule has 32 heavy (non-hydrogen) atoms. The summed E-state index contributed by atoms with van der Waals surface area (Å²) in [5.41, 5.74) is 4.11. The number of piperazine rings is 1. The molecular weight excluding hydrogens is 425 g/mol. The van der Waals surface area contributed by atoms with Crippen molar-refractivity contribution >= 4 is 22.7 Å². The summed E-state index contributed by atoms with van der Waals surface area (Å²) in [4.78, 5) is 28.5. The summed E-state index contributed by atoms with van der Waals surface area (Å²) in [5, 5.41) is 9.28. The number of aromatic nitrogens is 2. The maximum Gasteiger partial charge on any atom is 0.418 e. The fraction of sp³-hybridized carbons (Fsp3) is 0.571. The lowest BCUT2D eigenvalue weighted by Crippen LogP contribution is -2.52. The number of nitrogens with one attached hydrogen (secondary N) is 2. The van der Waals surface area contributed by atoms with Crippen LogP contribution in [0.4, 0.5) is 13.2 Å². The lowest BCUT2D eigenvalue weighted by Gasteiger charge is -2.40. The van der Waals surface area contributed by atoms with Crippen LogP contribution in [0.3, 0.4) is 0 Å². The molecule has 3 heterocycles. The number of H-pyrrole nitrogens is 1. The molecule has 2 amide bonds. The topological polar surface area (TPSA) is 107 Å². The summed E-state index contributed by atoms with van der Waals surface area (Å²) in [6.45, 7) is 5.32. The highest BCUT2D eigenvalue weighted by Crippen LogP contribution is 2.36. The van der Waals surface area contributed by atoms with E-state index in [-0.39, 0.29) is 35.3 Å². The predicted octanol–water partition coefficient (Wildman–Crippen LogP) is 1.51. The number of hydrogen-bond donors (Lipinski definition) is 3. The Morgan fingerprint density at radius 3 is 2.44 bits per heavy atom. The normalized spacial score (nSPS) is 18.9. The van der Waals surface area contributed by atoms with Crippen LogP contribution >= 0.6 is 0 Å². The number of benzene rings is 1. The van der Waals surface area contributed by atoms with E-state index < -0.39 is 17.6 Å². The van der Waals surface area contributed by atoms with Crippen LogP contribution in [0.1, 0.15) is 40.9 Å². The summed E-state index contributed by atoms with van der Waals surface area (Å²) in [5.74, 6) is -0.957. The SMILES string of the molecule is NC(=O)c1[nH]nc2c(C(F)(F)F)cc(CCC(=O)N3CCC(N4CCNCC4)CC3)cc12. The molecule has 4 N–H and O–H groups in total. The maximum atomic E-state index is 13.5. The molecule has 0 radical (unpaired) electrons. The third-order valence-corrected chi connectivity index (χ3v) is 6.38. The molecule has 174 valence electrons. The molecule has 0 bridgehead atoms. The smallest absolute Gasteiger partial charge is 0.364 e. The Morgan fingerprint density at radius 2 is 1.81 bits per heavy atom. The number of nitrogens with two attached hydrogens (primary N) is 1. The van der Waals surface area contributed by atoms with Gasteiger partial charge < -0.3 is 16.0 Å². The maximum absolute atomic E-state index is 13.5. The van der Waals surface area contributed by atoms with E-state index in [9.17, 15) is 22.8 Å². The van der Waals surface area contributed by atoms with Gasteiger partial charge in [0.15, 0.2) is 0 Å². The number of aromatic amines is 1. The van der Waals surface area contributed by atoms with E-state index in [1.165, 1.54) is 6.07 Å². The molecule has 8 nitrogen and oxygen atoms in total. The second kappa shape index (κ2) is 9.07. The average Bonchev–Trinajstić information content (AvgIpc) is 3.21. The van der Waals surface area contributed by atoms with Gasteiger partial charge in [0.2, 0.25) is 5.91 Å². The molecule has 1 aromatic heterocycles. The minimum absolute atomic E-state index is 0.0200. The molecule has 2 fully saturated rings. The molecule has 2 saturated heterocycles. The van der Waals surface area contributed by atoms with Crippen LogP contribution in [-0.4, -0.2) is 77.1 Å². The quantitative estimate of drug-likeness (QED) is 0.638. The van der Waals surface area contributed by atoms with Gasteiger partial charge in [-0.05, 0) is 37.0 Å². The van der Waals surface area contributed by atoms with Crippen LogP contribution in [0.25, 0.3) is 10.9 Å². The van der Waals surface area contributed by atoms with Gasteiger partial charge in [-0.15, -0.1) is 0 Å². The molecule has 0 spiro atoms. The van der Waals surface area contributed by atoms with Gasteiger partial charge in [-0.2, -0.15) is 18.3 Å². The largest absolute Gasteiger partial charge is 0.418 e. The number of rotatable bonds is 5. The second-order valence-corrected chi connectivity index (χ2v) is 8.40. The van der Waals surface area contributed by atoms with Crippen molar-refractivity contribution in [3.63, 3.8) is 0 Å². The molecular formula is C21H27F3N6O2. The Kier molecular flexibility index (Phi) is 6.38.